The fourth-order valence-electron chi connectivity index (χ4n) is 3.77. The van der Waals surface area contributed by atoms with E-state index >= 15 is 0 Å². The topological polar surface area (TPSA) is 53.0 Å². The molecule has 2 aromatic carbocycles. The number of carbonyl (C=O) groups is 1. The van der Waals surface area contributed by atoms with E-state index in [9.17, 15) is 9.90 Å². The normalized spacial score (nSPS) is 16.9. The van der Waals surface area contributed by atoms with Gasteiger partial charge in [-0.25, -0.2) is 0 Å². The Kier molecular flexibility index (Phi) is 4.56. The molecule has 2 aliphatic rings. The van der Waals surface area contributed by atoms with Crippen molar-refractivity contribution in [1.29, 1.82) is 0 Å². The molecule has 0 aromatic heterocycles. The number of likely N-dealkylation sites (tertiary alicyclic amines) is 1. The summed E-state index contributed by atoms with van der Waals surface area (Å²) in [6.45, 7) is 6.57. The molecule has 1 fully saturated rings. The maximum atomic E-state index is 12.6. The van der Waals surface area contributed by atoms with Gasteiger partial charge in [0.05, 0.1) is 17.8 Å². The molecule has 0 aliphatic carbocycles. The Bertz CT molecular complexity index is 834. The van der Waals surface area contributed by atoms with Gasteiger partial charge in [0.2, 0.25) is 0 Å². The number of ether oxygens (including phenoxy) is 1. The van der Waals surface area contributed by atoms with Crippen molar-refractivity contribution in [3.8, 4) is 5.75 Å². The molecule has 1 N–H and O–H groups in total. The Balaban J connectivity index is 1.61. The number of hydrogen-bond acceptors (Lipinski definition) is 4. The van der Waals surface area contributed by atoms with E-state index in [1.165, 1.54) is 0 Å². The average Bonchev–Trinajstić information content (AvgIpc) is 3.20. The van der Waals surface area contributed by atoms with E-state index in [2.05, 4.69) is 4.90 Å². The summed E-state index contributed by atoms with van der Waals surface area (Å²) < 4.78 is 5.85. The number of rotatable bonds is 3. The van der Waals surface area contributed by atoms with Crippen molar-refractivity contribution in [1.82, 2.24) is 4.90 Å². The van der Waals surface area contributed by atoms with Gasteiger partial charge < -0.3 is 19.6 Å². The maximum Gasteiger partial charge on any atom is 0.253 e. The van der Waals surface area contributed by atoms with Crippen LogP contribution in [0.5, 0.6) is 5.75 Å². The molecule has 2 heterocycles. The van der Waals surface area contributed by atoms with Crippen molar-refractivity contribution < 1.29 is 14.6 Å². The quantitative estimate of drug-likeness (QED) is 0.900. The van der Waals surface area contributed by atoms with Crippen LogP contribution in [0.15, 0.2) is 42.5 Å². The highest BCUT2D eigenvalue weighted by molar-refractivity contribution is 5.95. The van der Waals surface area contributed by atoms with Crippen LogP contribution >= 0.6 is 0 Å². The van der Waals surface area contributed by atoms with Crippen molar-refractivity contribution in [2.75, 3.05) is 31.1 Å². The second-order valence-electron chi connectivity index (χ2n) is 7.79. The lowest BCUT2D eigenvalue weighted by Gasteiger charge is -2.32. The summed E-state index contributed by atoms with van der Waals surface area (Å²) in [5.41, 5.74) is 2.73. The molecule has 142 valence electrons. The van der Waals surface area contributed by atoms with E-state index in [4.69, 9.17) is 4.74 Å². The van der Waals surface area contributed by atoms with Crippen LogP contribution in [0, 0.1) is 0 Å². The van der Waals surface area contributed by atoms with E-state index in [-0.39, 0.29) is 5.91 Å². The molecule has 1 amide bonds. The minimum atomic E-state index is -0.855. The first-order valence-corrected chi connectivity index (χ1v) is 9.60. The number of anilines is 2. The van der Waals surface area contributed by atoms with Gasteiger partial charge in [-0.1, -0.05) is 12.1 Å². The first-order valence-electron chi connectivity index (χ1n) is 9.60. The van der Waals surface area contributed by atoms with E-state index in [1.807, 2.05) is 47.4 Å². The molecule has 1 saturated heterocycles. The summed E-state index contributed by atoms with van der Waals surface area (Å²) in [6, 6.07) is 13.7. The largest absolute Gasteiger partial charge is 0.490 e. The summed E-state index contributed by atoms with van der Waals surface area (Å²) in [7, 11) is 0. The third-order valence-electron chi connectivity index (χ3n) is 5.35. The summed E-state index contributed by atoms with van der Waals surface area (Å²) in [5, 5.41) is 10.2. The first kappa shape index (κ1) is 17.9. The van der Waals surface area contributed by atoms with Gasteiger partial charge in [-0.05, 0) is 62.6 Å². The summed E-state index contributed by atoms with van der Waals surface area (Å²) in [4.78, 5) is 16.8. The van der Waals surface area contributed by atoms with Crippen molar-refractivity contribution in [3.63, 3.8) is 0 Å². The molecule has 5 heteroatoms. The van der Waals surface area contributed by atoms with Gasteiger partial charge in [0.15, 0.2) is 0 Å². The van der Waals surface area contributed by atoms with Gasteiger partial charge in [0, 0.05) is 24.3 Å². The van der Waals surface area contributed by atoms with E-state index in [0.29, 0.717) is 12.2 Å². The van der Waals surface area contributed by atoms with Crippen LogP contribution in [0.3, 0.4) is 0 Å². The third kappa shape index (κ3) is 3.52. The average molecular weight is 366 g/mol. The Morgan fingerprint density at radius 1 is 1.04 bits per heavy atom. The van der Waals surface area contributed by atoms with Crippen molar-refractivity contribution in [3.05, 3.63) is 53.6 Å². The minimum absolute atomic E-state index is 0.0885. The van der Waals surface area contributed by atoms with Crippen molar-refractivity contribution in [2.45, 2.75) is 32.3 Å². The smallest absolute Gasteiger partial charge is 0.253 e. The Labute approximate surface area is 160 Å². The fraction of sp³-hybridized carbons (Fsp3) is 0.409. The van der Waals surface area contributed by atoms with Gasteiger partial charge in [-0.15, -0.1) is 0 Å². The fourth-order valence-corrected chi connectivity index (χ4v) is 3.77. The van der Waals surface area contributed by atoms with Crippen LogP contribution < -0.4 is 9.64 Å². The molecule has 2 aliphatic heterocycles. The van der Waals surface area contributed by atoms with Crippen LogP contribution in [0.4, 0.5) is 11.4 Å². The van der Waals surface area contributed by atoms with Crippen LogP contribution in [0.25, 0.3) is 0 Å². The number of amides is 1. The predicted octanol–water partition coefficient (Wildman–Crippen LogP) is 3.68. The molecule has 0 atom stereocenters. The molecule has 5 nitrogen and oxygen atoms in total. The van der Waals surface area contributed by atoms with Crippen LogP contribution in [0.2, 0.25) is 0 Å². The monoisotopic (exact) mass is 366 g/mol. The number of hydrogen-bond donors (Lipinski definition) is 1. The molecule has 2 aromatic rings. The minimum Gasteiger partial charge on any atom is -0.490 e. The number of benzene rings is 2. The zero-order valence-electron chi connectivity index (χ0n) is 15.9. The zero-order chi connectivity index (χ0) is 19.0. The van der Waals surface area contributed by atoms with E-state index in [0.717, 1.165) is 55.2 Å². The molecule has 0 unspecified atom stereocenters. The number of carbonyl (C=O) groups excluding carboxylic acids is 1. The molecule has 4 rings (SSSR count). The summed E-state index contributed by atoms with van der Waals surface area (Å²) in [5.74, 6) is 0.836. The zero-order valence-corrected chi connectivity index (χ0v) is 15.9. The Morgan fingerprint density at radius 2 is 1.74 bits per heavy atom. The molecule has 0 spiro atoms. The maximum absolute atomic E-state index is 12.6. The molecular formula is C22H26N2O3. The third-order valence-corrected chi connectivity index (χ3v) is 5.35. The highest BCUT2D eigenvalue weighted by Crippen LogP contribution is 2.38. The second kappa shape index (κ2) is 6.89. The van der Waals surface area contributed by atoms with Crippen LogP contribution in [-0.2, 0) is 5.60 Å². The lowest BCUT2D eigenvalue weighted by atomic mass is 9.98. The Morgan fingerprint density at radius 3 is 2.41 bits per heavy atom. The lowest BCUT2D eigenvalue weighted by molar-refractivity contribution is 0.0782. The van der Waals surface area contributed by atoms with Gasteiger partial charge in [0.25, 0.3) is 5.91 Å². The van der Waals surface area contributed by atoms with Crippen LogP contribution in [-0.4, -0.2) is 42.2 Å². The molecule has 0 saturated carbocycles. The number of aliphatic hydroxyl groups is 1. The molecular weight excluding hydrogens is 340 g/mol. The van der Waals surface area contributed by atoms with Gasteiger partial charge in [0.1, 0.15) is 12.4 Å². The predicted molar refractivity (Wildman–Crippen MR) is 106 cm³/mol. The van der Waals surface area contributed by atoms with Crippen molar-refractivity contribution >= 4 is 17.3 Å². The highest BCUT2D eigenvalue weighted by Gasteiger charge is 2.24. The molecule has 27 heavy (non-hydrogen) atoms. The first-order chi connectivity index (χ1) is 12.9. The second-order valence-corrected chi connectivity index (χ2v) is 7.79. The summed E-state index contributed by atoms with van der Waals surface area (Å²) in [6.07, 6.45) is 2.17. The van der Waals surface area contributed by atoms with Gasteiger partial charge >= 0.3 is 0 Å². The molecule has 0 radical (unpaired) electrons. The Hall–Kier alpha value is -2.53. The van der Waals surface area contributed by atoms with E-state index < -0.39 is 5.60 Å². The molecule has 0 bridgehead atoms. The number of nitrogens with zero attached hydrogens (tertiary/aromatic N) is 2. The highest BCUT2D eigenvalue weighted by atomic mass is 16.5. The van der Waals surface area contributed by atoms with E-state index in [1.54, 1.807) is 13.8 Å². The van der Waals surface area contributed by atoms with Gasteiger partial charge in [-0.3, -0.25) is 4.79 Å². The SMILES string of the molecule is CC(C)(O)c1ccc(N2CCOc3cc(C(=O)N4CCCC4)ccc32)cc1. The van der Waals surface area contributed by atoms with Crippen molar-refractivity contribution in [2.24, 2.45) is 0 Å². The number of fused-ring (bicyclic) bond motifs is 1. The van der Waals surface area contributed by atoms with Crippen LogP contribution in [0.1, 0.15) is 42.6 Å². The van der Waals surface area contributed by atoms with Gasteiger partial charge in [-0.2, -0.15) is 0 Å². The lowest BCUT2D eigenvalue weighted by Crippen LogP contribution is -2.30. The summed E-state index contributed by atoms with van der Waals surface area (Å²) >= 11 is 0. The standard InChI is InChI=1S/C22H26N2O3/c1-22(2,26)17-6-8-18(9-7-17)24-13-14-27-20-15-16(5-10-19(20)24)21(25)23-11-3-4-12-23/h5-10,15,26H,3-4,11-14H2,1-2H3.